The first-order chi connectivity index (χ1) is 4.20. The van der Waals surface area contributed by atoms with Crippen LogP contribution >= 0.6 is 0 Å². The largest absolute Gasteiger partial charge is 0.430 e. The van der Waals surface area contributed by atoms with Crippen LogP contribution < -0.4 is 16.6 Å². The van der Waals surface area contributed by atoms with Gasteiger partial charge in [0.25, 0.3) is 0 Å². The van der Waals surface area contributed by atoms with Crippen molar-refractivity contribution in [2.75, 3.05) is 7.05 Å². The molecule has 0 saturated carbocycles. The third kappa shape index (κ3) is 3.30. The number of carbonyl (C=O) groups is 2. The fourth-order valence-electron chi connectivity index (χ4n) is 0.165. The van der Waals surface area contributed by atoms with Crippen molar-refractivity contribution in [3.8, 4) is 0 Å². The average Bonchev–Trinajstić information content (AvgIpc) is 1.87. The second kappa shape index (κ2) is 3.67. The van der Waals surface area contributed by atoms with Crippen molar-refractivity contribution >= 4 is 12.2 Å². The SMILES string of the molecule is CNC(=O)OC(=O)NN. The van der Waals surface area contributed by atoms with Crippen molar-refractivity contribution in [2.45, 2.75) is 0 Å². The van der Waals surface area contributed by atoms with Gasteiger partial charge in [-0.25, -0.2) is 15.4 Å². The first-order valence-corrected chi connectivity index (χ1v) is 2.11. The summed E-state index contributed by atoms with van der Waals surface area (Å²) in [5.74, 6) is 4.57. The zero-order valence-electron chi connectivity index (χ0n) is 4.80. The lowest BCUT2D eigenvalue weighted by Gasteiger charge is -1.97. The molecule has 0 spiro atoms. The second-order valence-corrected chi connectivity index (χ2v) is 1.07. The van der Waals surface area contributed by atoms with Gasteiger partial charge in [-0.3, -0.25) is 5.43 Å². The van der Waals surface area contributed by atoms with E-state index in [1.54, 1.807) is 5.43 Å². The number of alkyl carbamates (subject to hydrolysis) is 1. The summed E-state index contributed by atoms with van der Waals surface area (Å²) in [5, 5.41) is 2.05. The Hall–Kier alpha value is -1.30. The second-order valence-electron chi connectivity index (χ2n) is 1.07. The number of nitrogens with two attached hydrogens (primary N) is 1. The molecular weight excluding hydrogens is 126 g/mol. The molecule has 6 heteroatoms. The van der Waals surface area contributed by atoms with E-state index in [9.17, 15) is 9.59 Å². The highest BCUT2D eigenvalue weighted by atomic mass is 16.6. The van der Waals surface area contributed by atoms with Gasteiger partial charge in [0, 0.05) is 7.05 Å². The van der Waals surface area contributed by atoms with Crippen molar-refractivity contribution in [3.05, 3.63) is 0 Å². The van der Waals surface area contributed by atoms with Crippen LogP contribution in [0.3, 0.4) is 0 Å². The maximum Gasteiger partial charge on any atom is 0.430 e. The van der Waals surface area contributed by atoms with Gasteiger partial charge in [-0.05, 0) is 0 Å². The molecule has 0 aromatic carbocycles. The Morgan fingerprint density at radius 1 is 1.44 bits per heavy atom. The molecular formula is C3H7N3O3. The lowest BCUT2D eigenvalue weighted by atomic mass is 11.0. The van der Waals surface area contributed by atoms with E-state index in [1.165, 1.54) is 7.05 Å². The molecule has 6 nitrogen and oxygen atoms in total. The summed E-state index contributed by atoms with van der Waals surface area (Å²) in [6.45, 7) is 0. The van der Waals surface area contributed by atoms with E-state index in [-0.39, 0.29) is 0 Å². The Morgan fingerprint density at radius 2 is 2.00 bits per heavy atom. The van der Waals surface area contributed by atoms with Gasteiger partial charge >= 0.3 is 12.2 Å². The van der Waals surface area contributed by atoms with Crippen molar-refractivity contribution < 1.29 is 14.3 Å². The van der Waals surface area contributed by atoms with Gasteiger partial charge in [-0.1, -0.05) is 0 Å². The van der Waals surface area contributed by atoms with E-state index in [1.807, 2.05) is 0 Å². The molecule has 0 aromatic rings. The molecule has 0 radical (unpaired) electrons. The number of hydrogen-bond donors (Lipinski definition) is 3. The molecule has 9 heavy (non-hydrogen) atoms. The van der Waals surface area contributed by atoms with Crippen LogP contribution in [0.2, 0.25) is 0 Å². The van der Waals surface area contributed by atoms with Crippen LogP contribution in [0.25, 0.3) is 0 Å². The predicted molar refractivity (Wildman–Crippen MR) is 28.3 cm³/mol. The first-order valence-electron chi connectivity index (χ1n) is 2.11. The van der Waals surface area contributed by atoms with E-state index >= 15 is 0 Å². The van der Waals surface area contributed by atoms with Crippen LogP contribution in [0.1, 0.15) is 0 Å². The Bertz CT molecular complexity index is 109. The minimum absolute atomic E-state index is 0.849. The van der Waals surface area contributed by atoms with Crippen LogP contribution in [0.5, 0.6) is 0 Å². The van der Waals surface area contributed by atoms with Crippen LogP contribution in [0.15, 0.2) is 0 Å². The number of hydrogen-bond acceptors (Lipinski definition) is 4. The van der Waals surface area contributed by atoms with E-state index in [0.29, 0.717) is 0 Å². The molecule has 0 aliphatic heterocycles. The van der Waals surface area contributed by atoms with Gasteiger partial charge in [0.05, 0.1) is 0 Å². The van der Waals surface area contributed by atoms with E-state index in [2.05, 4.69) is 15.9 Å². The Kier molecular flexibility index (Phi) is 3.14. The topological polar surface area (TPSA) is 93.4 Å². The number of ether oxygens (including phenoxy) is 1. The molecule has 52 valence electrons. The van der Waals surface area contributed by atoms with Gasteiger partial charge in [0.2, 0.25) is 0 Å². The molecule has 0 atom stereocenters. The molecule has 0 aromatic heterocycles. The molecule has 0 aliphatic rings. The number of hydrazine groups is 1. The lowest BCUT2D eigenvalue weighted by molar-refractivity contribution is 0.152. The Labute approximate surface area is 51.3 Å². The van der Waals surface area contributed by atoms with Gasteiger partial charge in [-0.2, -0.15) is 0 Å². The summed E-state index contributed by atoms with van der Waals surface area (Å²) < 4.78 is 3.92. The summed E-state index contributed by atoms with van der Waals surface area (Å²) in [6.07, 6.45) is -1.84. The highest BCUT2D eigenvalue weighted by molar-refractivity contribution is 5.82. The van der Waals surface area contributed by atoms with Crippen LogP contribution in [-0.4, -0.2) is 19.2 Å². The Morgan fingerprint density at radius 3 is 2.33 bits per heavy atom. The summed E-state index contributed by atoms with van der Waals surface area (Å²) in [5.41, 5.74) is 1.61. The molecule has 0 bridgehead atoms. The van der Waals surface area contributed by atoms with E-state index < -0.39 is 12.2 Å². The standard InChI is InChI=1S/C3H7N3O3/c1-5-2(7)9-3(8)6-4/h4H2,1H3,(H,5,7)(H,6,8). The third-order valence-electron chi connectivity index (χ3n) is 0.507. The zero-order valence-corrected chi connectivity index (χ0v) is 4.80. The summed E-state index contributed by atoms with van der Waals surface area (Å²) >= 11 is 0. The maximum atomic E-state index is 10.1. The minimum atomic E-state index is -0.991. The van der Waals surface area contributed by atoms with Crippen LogP contribution in [0.4, 0.5) is 9.59 Å². The predicted octanol–water partition coefficient (Wildman–Crippen LogP) is -1.07. The molecule has 2 amide bonds. The van der Waals surface area contributed by atoms with Gasteiger partial charge in [-0.15, -0.1) is 0 Å². The van der Waals surface area contributed by atoms with Gasteiger partial charge < -0.3 is 10.1 Å². The molecule has 0 rings (SSSR count). The first kappa shape index (κ1) is 7.70. The number of nitrogens with one attached hydrogen (secondary N) is 2. The summed E-state index contributed by atoms with van der Waals surface area (Å²) in [7, 11) is 1.33. The molecule has 0 heterocycles. The summed E-state index contributed by atoms with van der Waals surface area (Å²) in [6, 6.07) is 0. The number of carbonyl (C=O) groups excluding carboxylic acids is 2. The van der Waals surface area contributed by atoms with Gasteiger partial charge in [0.1, 0.15) is 0 Å². The minimum Gasteiger partial charge on any atom is -0.358 e. The fourth-order valence-corrected chi connectivity index (χ4v) is 0.165. The monoisotopic (exact) mass is 133 g/mol. The molecule has 0 aliphatic carbocycles. The van der Waals surface area contributed by atoms with Crippen molar-refractivity contribution in [1.82, 2.24) is 10.7 Å². The molecule has 4 N–H and O–H groups in total. The molecule has 0 saturated heterocycles. The number of amides is 2. The maximum absolute atomic E-state index is 10.1. The van der Waals surface area contributed by atoms with E-state index in [0.717, 1.165) is 0 Å². The average molecular weight is 133 g/mol. The van der Waals surface area contributed by atoms with Crippen molar-refractivity contribution in [2.24, 2.45) is 5.84 Å². The fraction of sp³-hybridized carbons (Fsp3) is 0.333. The zero-order chi connectivity index (χ0) is 7.28. The van der Waals surface area contributed by atoms with Crippen LogP contribution in [0, 0.1) is 0 Å². The smallest absolute Gasteiger partial charge is 0.358 e. The van der Waals surface area contributed by atoms with Crippen LogP contribution in [-0.2, 0) is 4.74 Å². The van der Waals surface area contributed by atoms with E-state index in [4.69, 9.17) is 0 Å². The highest BCUT2D eigenvalue weighted by Gasteiger charge is 2.03. The van der Waals surface area contributed by atoms with Crippen molar-refractivity contribution in [1.29, 1.82) is 0 Å². The Balaban J connectivity index is 3.47. The third-order valence-corrected chi connectivity index (χ3v) is 0.507. The quantitative estimate of drug-likeness (QED) is 0.170. The molecule has 0 fully saturated rings. The highest BCUT2D eigenvalue weighted by Crippen LogP contribution is 1.74. The molecule has 0 unspecified atom stereocenters. The number of rotatable bonds is 0. The summed E-state index contributed by atoms with van der Waals surface area (Å²) in [4.78, 5) is 20.2. The van der Waals surface area contributed by atoms with Gasteiger partial charge in [0.15, 0.2) is 0 Å². The van der Waals surface area contributed by atoms with Crippen molar-refractivity contribution in [3.63, 3.8) is 0 Å². The lowest BCUT2D eigenvalue weighted by Crippen LogP contribution is -2.35. The normalized spacial score (nSPS) is 7.78.